The molecule has 0 fully saturated rings. The molecular weight excluding hydrogens is 338 g/mol. The van der Waals surface area contributed by atoms with Gasteiger partial charge in [-0.3, -0.25) is 4.98 Å². The molecule has 0 aliphatic heterocycles. The summed E-state index contributed by atoms with van der Waals surface area (Å²) >= 11 is 0. The molecule has 6 heteroatoms. The molecule has 27 heavy (non-hydrogen) atoms. The van der Waals surface area contributed by atoms with Crippen LogP contribution in [0, 0.1) is 6.92 Å². The van der Waals surface area contributed by atoms with E-state index in [1.807, 2.05) is 49.4 Å². The average molecular weight is 359 g/mol. The van der Waals surface area contributed by atoms with Gasteiger partial charge in [0.05, 0.1) is 23.3 Å². The molecule has 1 N–H and O–H groups in total. The summed E-state index contributed by atoms with van der Waals surface area (Å²) in [5, 5.41) is 7.63. The number of nitrogens with one attached hydrogen (secondary N) is 1. The van der Waals surface area contributed by atoms with Gasteiger partial charge in [-0.05, 0) is 30.3 Å². The number of hydrogen-bond donors (Lipinski definition) is 1. The Morgan fingerprint density at radius 3 is 2.41 bits per heavy atom. The van der Waals surface area contributed by atoms with Crippen molar-refractivity contribution in [3.8, 4) is 33.9 Å². The Kier molecular flexibility index (Phi) is 4.11. The average Bonchev–Trinajstić information content (AvgIpc) is 3.31. The zero-order valence-electron chi connectivity index (χ0n) is 15.8. The molecule has 0 aliphatic rings. The molecule has 0 atom stereocenters. The maximum absolute atomic E-state index is 4.93. The summed E-state index contributed by atoms with van der Waals surface area (Å²) in [6.45, 7) is 8.41. The van der Waals surface area contributed by atoms with Crippen molar-refractivity contribution in [2.75, 3.05) is 0 Å². The fourth-order valence-electron chi connectivity index (χ4n) is 2.92. The summed E-state index contributed by atoms with van der Waals surface area (Å²) in [4.78, 5) is 13.1. The van der Waals surface area contributed by atoms with E-state index in [1.54, 1.807) is 6.20 Å². The summed E-state index contributed by atoms with van der Waals surface area (Å²) in [6, 6.07) is 14.0. The fourth-order valence-corrected chi connectivity index (χ4v) is 2.92. The molecule has 1 aromatic carbocycles. The Morgan fingerprint density at radius 1 is 0.926 bits per heavy atom. The molecule has 0 amide bonds. The van der Waals surface area contributed by atoms with Gasteiger partial charge < -0.3 is 4.98 Å². The first-order chi connectivity index (χ1) is 12.9. The maximum Gasteiger partial charge on any atom is 0.135 e. The number of rotatable bonds is 3. The zero-order valence-corrected chi connectivity index (χ0v) is 15.8. The van der Waals surface area contributed by atoms with Gasteiger partial charge in [-0.15, -0.1) is 0 Å². The van der Waals surface area contributed by atoms with Crippen molar-refractivity contribution < 1.29 is 4.63 Å². The number of imidazole rings is 1. The summed E-state index contributed by atoms with van der Waals surface area (Å²) < 4.78 is 4.74. The number of pyridine rings is 1. The van der Waals surface area contributed by atoms with Gasteiger partial charge in [0.25, 0.3) is 0 Å². The van der Waals surface area contributed by atoms with E-state index in [0.717, 1.165) is 39.7 Å². The Labute approximate surface area is 157 Å². The second-order valence-corrected chi connectivity index (χ2v) is 7.60. The third kappa shape index (κ3) is 3.38. The van der Waals surface area contributed by atoms with E-state index in [2.05, 4.69) is 41.1 Å². The predicted molar refractivity (Wildman–Crippen MR) is 104 cm³/mol. The van der Waals surface area contributed by atoms with Crippen LogP contribution in [0.1, 0.15) is 32.3 Å². The molecule has 3 heterocycles. The minimum atomic E-state index is -0.107. The molecule has 0 saturated heterocycles. The van der Waals surface area contributed by atoms with E-state index in [0.29, 0.717) is 5.69 Å². The van der Waals surface area contributed by atoms with Gasteiger partial charge in [0.2, 0.25) is 0 Å². The van der Waals surface area contributed by atoms with Crippen LogP contribution in [0.5, 0.6) is 0 Å². The lowest BCUT2D eigenvalue weighted by Crippen LogP contribution is -2.13. The standard InChI is InChI=1S/C21H21N5O/c1-13-7-5-10-16(23-13)19-18(24-20(25-19)21(2,3)4)15-9-6-8-14(11-15)17-12-22-27-26-17/h5-12H,1-4H3,(H,24,25). The second kappa shape index (κ2) is 6.46. The van der Waals surface area contributed by atoms with Crippen LogP contribution < -0.4 is 0 Å². The summed E-state index contributed by atoms with van der Waals surface area (Å²) in [5.41, 5.74) is 6.13. The molecule has 0 aliphatic carbocycles. The van der Waals surface area contributed by atoms with Crippen molar-refractivity contribution in [3.63, 3.8) is 0 Å². The highest BCUT2D eigenvalue weighted by molar-refractivity contribution is 5.79. The van der Waals surface area contributed by atoms with Gasteiger partial charge >= 0.3 is 0 Å². The Balaban J connectivity index is 1.89. The molecule has 0 unspecified atom stereocenters. The van der Waals surface area contributed by atoms with Crippen LogP contribution >= 0.6 is 0 Å². The monoisotopic (exact) mass is 359 g/mol. The molecule has 4 aromatic rings. The van der Waals surface area contributed by atoms with Crippen LogP contribution in [0.15, 0.2) is 53.3 Å². The first-order valence-electron chi connectivity index (χ1n) is 8.85. The van der Waals surface area contributed by atoms with E-state index in [1.165, 1.54) is 0 Å². The van der Waals surface area contributed by atoms with E-state index >= 15 is 0 Å². The number of aromatic amines is 1. The lowest BCUT2D eigenvalue weighted by molar-refractivity contribution is 0.308. The smallest absolute Gasteiger partial charge is 0.135 e. The number of aryl methyl sites for hydroxylation is 1. The van der Waals surface area contributed by atoms with Crippen LogP contribution in [0.2, 0.25) is 0 Å². The largest absolute Gasteiger partial charge is 0.340 e. The number of H-pyrrole nitrogens is 1. The lowest BCUT2D eigenvalue weighted by atomic mass is 9.96. The molecule has 0 spiro atoms. The second-order valence-electron chi connectivity index (χ2n) is 7.60. The number of hydrogen-bond acceptors (Lipinski definition) is 5. The van der Waals surface area contributed by atoms with Crippen LogP contribution in [0.3, 0.4) is 0 Å². The van der Waals surface area contributed by atoms with E-state index in [4.69, 9.17) is 9.61 Å². The fraction of sp³-hybridized carbons (Fsp3) is 0.238. The molecular formula is C21H21N5O. The summed E-state index contributed by atoms with van der Waals surface area (Å²) in [5.74, 6) is 0.921. The zero-order chi connectivity index (χ0) is 19.0. The molecule has 136 valence electrons. The summed E-state index contributed by atoms with van der Waals surface area (Å²) in [7, 11) is 0. The molecule has 3 aromatic heterocycles. The quantitative estimate of drug-likeness (QED) is 0.568. The van der Waals surface area contributed by atoms with Gasteiger partial charge in [0.1, 0.15) is 11.5 Å². The molecule has 0 saturated carbocycles. The Hall–Kier alpha value is -3.28. The minimum absolute atomic E-state index is 0.107. The van der Waals surface area contributed by atoms with Crippen molar-refractivity contribution in [2.24, 2.45) is 0 Å². The summed E-state index contributed by atoms with van der Waals surface area (Å²) in [6.07, 6.45) is 1.60. The predicted octanol–water partition coefficient (Wildman–Crippen LogP) is 4.79. The minimum Gasteiger partial charge on any atom is -0.340 e. The topological polar surface area (TPSA) is 80.5 Å². The SMILES string of the molecule is Cc1cccc(-c2[nH]c(C(C)(C)C)nc2-c2cccc(-c3cnon3)c2)n1. The Morgan fingerprint density at radius 2 is 1.70 bits per heavy atom. The van der Waals surface area contributed by atoms with Crippen LogP contribution in [0.25, 0.3) is 33.9 Å². The van der Waals surface area contributed by atoms with Gasteiger partial charge in [-0.25, -0.2) is 9.61 Å². The number of nitrogens with zero attached hydrogens (tertiary/aromatic N) is 4. The third-order valence-corrected chi connectivity index (χ3v) is 4.35. The highest BCUT2D eigenvalue weighted by Crippen LogP contribution is 2.34. The third-order valence-electron chi connectivity index (χ3n) is 4.35. The highest BCUT2D eigenvalue weighted by Gasteiger charge is 2.23. The van der Waals surface area contributed by atoms with Crippen molar-refractivity contribution in [1.29, 1.82) is 0 Å². The van der Waals surface area contributed by atoms with E-state index in [-0.39, 0.29) is 5.41 Å². The van der Waals surface area contributed by atoms with Crippen LogP contribution in [-0.2, 0) is 5.41 Å². The first-order valence-corrected chi connectivity index (χ1v) is 8.85. The van der Waals surface area contributed by atoms with Crippen molar-refractivity contribution >= 4 is 0 Å². The van der Waals surface area contributed by atoms with Crippen molar-refractivity contribution in [3.05, 3.63) is 60.2 Å². The van der Waals surface area contributed by atoms with Crippen LogP contribution in [0.4, 0.5) is 0 Å². The van der Waals surface area contributed by atoms with Crippen LogP contribution in [-0.4, -0.2) is 25.3 Å². The van der Waals surface area contributed by atoms with Gasteiger partial charge in [-0.1, -0.05) is 50.2 Å². The lowest BCUT2D eigenvalue weighted by Gasteiger charge is -2.14. The molecule has 0 radical (unpaired) electrons. The van der Waals surface area contributed by atoms with Crippen molar-refractivity contribution in [2.45, 2.75) is 33.1 Å². The van der Waals surface area contributed by atoms with E-state index < -0.39 is 0 Å². The Bertz CT molecular complexity index is 1070. The number of aromatic nitrogens is 5. The molecule has 0 bridgehead atoms. The highest BCUT2D eigenvalue weighted by atomic mass is 16.6. The van der Waals surface area contributed by atoms with E-state index in [9.17, 15) is 0 Å². The van der Waals surface area contributed by atoms with Crippen molar-refractivity contribution in [1.82, 2.24) is 25.3 Å². The normalized spacial score (nSPS) is 11.7. The maximum atomic E-state index is 4.93. The molecule has 6 nitrogen and oxygen atoms in total. The van der Waals surface area contributed by atoms with Gasteiger partial charge in [0.15, 0.2) is 0 Å². The first kappa shape index (κ1) is 17.1. The van der Waals surface area contributed by atoms with Gasteiger partial charge in [-0.2, -0.15) is 0 Å². The molecule has 4 rings (SSSR count). The van der Waals surface area contributed by atoms with Gasteiger partial charge in [0, 0.05) is 22.2 Å². The number of benzene rings is 1.